The molecule has 31 heavy (non-hydrogen) atoms. The third-order valence-electron chi connectivity index (χ3n) is 5.82. The first-order chi connectivity index (χ1) is 14.6. The number of ether oxygens (including phenoxy) is 1. The molecule has 1 aliphatic heterocycles. The molecule has 0 bridgehead atoms. The standard InChI is InChI=1S/C23H37N5O2.HI/c1-24-23(25-13-7-15-28-14-6-9-20(28)22(29)27(2)3)26-16-19-8-4-5-10-21(19)30-17-18-11-12-18;/h4-5,8,10,18,20H,6-7,9,11-17H2,1-3H3,(H2,24,25,26);1H. The van der Waals surface area contributed by atoms with Gasteiger partial charge in [-0.1, -0.05) is 18.2 Å². The Kier molecular flexibility index (Phi) is 10.9. The van der Waals surface area contributed by atoms with Crippen molar-refractivity contribution in [3.05, 3.63) is 29.8 Å². The van der Waals surface area contributed by atoms with Crippen LogP contribution in [0.3, 0.4) is 0 Å². The molecule has 2 aliphatic rings. The number of para-hydroxylation sites is 1. The number of nitrogens with zero attached hydrogens (tertiary/aromatic N) is 3. The van der Waals surface area contributed by atoms with Crippen LogP contribution in [0.4, 0.5) is 0 Å². The summed E-state index contributed by atoms with van der Waals surface area (Å²) in [6.45, 7) is 4.24. The zero-order valence-corrected chi connectivity index (χ0v) is 21.4. The first-order valence-corrected chi connectivity index (χ1v) is 11.2. The van der Waals surface area contributed by atoms with Gasteiger partial charge in [0, 0.05) is 46.3 Å². The fraction of sp³-hybridized carbons (Fsp3) is 0.652. The maximum Gasteiger partial charge on any atom is 0.239 e. The minimum absolute atomic E-state index is 0. The highest BCUT2D eigenvalue weighted by Gasteiger charge is 2.31. The fourth-order valence-electron chi connectivity index (χ4n) is 3.84. The average molecular weight is 543 g/mol. The Morgan fingerprint density at radius 2 is 2.00 bits per heavy atom. The topological polar surface area (TPSA) is 69.2 Å². The summed E-state index contributed by atoms with van der Waals surface area (Å²) < 4.78 is 5.99. The Morgan fingerprint density at radius 3 is 2.71 bits per heavy atom. The minimum atomic E-state index is 0. The van der Waals surface area contributed by atoms with Crippen LogP contribution in [0.15, 0.2) is 29.3 Å². The van der Waals surface area contributed by atoms with E-state index in [9.17, 15) is 4.79 Å². The Hall–Kier alpha value is -1.55. The third kappa shape index (κ3) is 8.14. The van der Waals surface area contributed by atoms with Crippen LogP contribution in [0, 0.1) is 5.92 Å². The summed E-state index contributed by atoms with van der Waals surface area (Å²) >= 11 is 0. The zero-order valence-electron chi connectivity index (χ0n) is 19.1. The SMILES string of the molecule is CN=C(NCCCN1CCCC1C(=O)N(C)C)NCc1ccccc1OCC1CC1.I. The number of likely N-dealkylation sites (N-methyl/N-ethyl adjacent to an activating group) is 1. The number of rotatable bonds is 10. The second-order valence-corrected chi connectivity index (χ2v) is 8.49. The number of hydrogen-bond acceptors (Lipinski definition) is 4. The molecule has 1 saturated heterocycles. The summed E-state index contributed by atoms with van der Waals surface area (Å²) in [6, 6.07) is 8.24. The van der Waals surface area contributed by atoms with Crippen LogP contribution in [-0.2, 0) is 11.3 Å². The number of guanidine groups is 1. The smallest absolute Gasteiger partial charge is 0.239 e. The van der Waals surface area contributed by atoms with Crippen molar-refractivity contribution in [3.63, 3.8) is 0 Å². The van der Waals surface area contributed by atoms with E-state index in [-0.39, 0.29) is 35.9 Å². The van der Waals surface area contributed by atoms with Gasteiger partial charge in [0.05, 0.1) is 12.6 Å². The van der Waals surface area contributed by atoms with Crippen molar-refractivity contribution >= 4 is 35.8 Å². The predicted octanol–water partition coefficient (Wildman–Crippen LogP) is 2.70. The molecule has 0 radical (unpaired) electrons. The van der Waals surface area contributed by atoms with E-state index in [1.165, 1.54) is 12.8 Å². The van der Waals surface area contributed by atoms with Crippen molar-refractivity contribution in [2.24, 2.45) is 10.9 Å². The van der Waals surface area contributed by atoms with E-state index in [0.717, 1.165) is 68.7 Å². The van der Waals surface area contributed by atoms with Crippen LogP contribution in [0.25, 0.3) is 0 Å². The lowest BCUT2D eigenvalue weighted by molar-refractivity contribution is -0.133. The van der Waals surface area contributed by atoms with Gasteiger partial charge in [0.25, 0.3) is 0 Å². The van der Waals surface area contributed by atoms with Crippen LogP contribution >= 0.6 is 24.0 Å². The molecule has 0 spiro atoms. The molecule has 2 N–H and O–H groups in total. The van der Waals surface area contributed by atoms with Gasteiger partial charge in [0.2, 0.25) is 5.91 Å². The Morgan fingerprint density at radius 1 is 1.23 bits per heavy atom. The Labute approximate surface area is 204 Å². The molecule has 1 atom stereocenters. The highest BCUT2D eigenvalue weighted by Crippen LogP contribution is 2.30. The maximum atomic E-state index is 12.3. The van der Waals surface area contributed by atoms with Crippen LogP contribution in [0.1, 0.15) is 37.7 Å². The van der Waals surface area contributed by atoms with E-state index in [0.29, 0.717) is 6.54 Å². The summed E-state index contributed by atoms with van der Waals surface area (Å²) in [7, 11) is 5.47. The lowest BCUT2D eigenvalue weighted by Crippen LogP contribution is -2.44. The van der Waals surface area contributed by atoms with Gasteiger partial charge in [-0.3, -0.25) is 14.7 Å². The fourth-order valence-corrected chi connectivity index (χ4v) is 3.84. The van der Waals surface area contributed by atoms with Gasteiger partial charge in [-0.15, -0.1) is 24.0 Å². The van der Waals surface area contributed by atoms with Crippen LogP contribution in [-0.4, -0.2) is 75.1 Å². The number of nitrogens with one attached hydrogen (secondary N) is 2. The minimum Gasteiger partial charge on any atom is -0.493 e. The number of aliphatic imine (C=N–C) groups is 1. The van der Waals surface area contributed by atoms with Crippen molar-refractivity contribution in [1.29, 1.82) is 0 Å². The summed E-state index contributed by atoms with van der Waals surface area (Å²) in [4.78, 5) is 20.7. The predicted molar refractivity (Wildman–Crippen MR) is 136 cm³/mol. The number of carbonyl (C=O) groups is 1. The number of carbonyl (C=O) groups excluding carboxylic acids is 1. The van der Waals surface area contributed by atoms with Crippen molar-refractivity contribution in [1.82, 2.24) is 20.4 Å². The molecule has 1 unspecified atom stereocenters. The summed E-state index contributed by atoms with van der Waals surface area (Å²) in [5.41, 5.74) is 1.14. The van der Waals surface area contributed by atoms with Gasteiger partial charge in [0.15, 0.2) is 5.96 Å². The first-order valence-electron chi connectivity index (χ1n) is 11.2. The van der Waals surface area contributed by atoms with Crippen LogP contribution in [0.2, 0.25) is 0 Å². The summed E-state index contributed by atoms with van der Waals surface area (Å²) in [5.74, 6) is 2.71. The van der Waals surface area contributed by atoms with E-state index in [2.05, 4.69) is 26.6 Å². The molecule has 1 aromatic carbocycles. The lowest BCUT2D eigenvalue weighted by atomic mass is 10.2. The molecule has 1 heterocycles. The molecule has 174 valence electrons. The average Bonchev–Trinajstić information content (AvgIpc) is 3.47. The molecule has 1 aromatic rings. The van der Waals surface area contributed by atoms with E-state index >= 15 is 0 Å². The highest BCUT2D eigenvalue weighted by atomic mass is 127. The molecule has 2 fully saturated rings. The largest absolute Gasteiger partial charge is 0.493 e. The molecule has 1 saturated carbocycles. The quantitative estimate of drug-likeness (QED) is 0.206. The molecule has 1 amide bonds. The molecule has 1 aliphatic carbocycles. The maximum absolute atomic E-state index is 12.3. The second kappa shape index (κ2) is 13.1. The van der Waals surface area contributed by atoms with E-state index in [4.69, 9.17) is 4.74 Å². The van der Waals surface area contributed by atoms with Crippen molar-refractivity contribution in [2.45, 2.75) is 44.7 Å². The molecule has 3 rings (SSSR count). The number of benzene rings is 1. The van der Waals surface area contributed by atoms with E-state index < -0.39 is 0 Å². The van der Waals surface area contributed by atoms with Gasteiger partial charge >= 0.3 is 0 Å². The molecule has 7 nitrogen and oxygen atoms in total. The van der Waals surface area contributed by atoms with Gasteiger partial charge in [-0.2, -0.15) is 0 Å². The first kappa shape index (κ1) is 25.7. The highest BCUT2D eigenvalue weighted by molar-refractivity contribution is 14.0. The number of amides is 1. The monoisotopic (exact) mass is 543 g/mol. The van der Waals surface area contributed by atoms with Gasteiger partial charge in [0.1, 0.15) is 5.75 Å². The molecular weight excluding hydrogens is 505 g/mol. The molecule has 8 heteroatoms. The van der Waals surface area contributed by atoms with Gasteiger partial charge in [-0.05, 0) is 50.6 Å². The zero-order chi connectivity index (χ0) is 21.3. The Balaban J connectivity index is 0.00000341. The van der Waals surface area contributed by atoms with Crippen LogP contribution < -0.4 is 15.4 Å². The van der Waals surface area contributed by atoms with Gasteiger partial charge in [-0.25, -0.2) is 0 Å². The van der Waals surface area contributed by atoms with E-state index in [1.54, 1.807) is 11.9 Å². The van der Waals surface area contributed by atoms with Crippen molar-refractivity contribution in [3.8, 4) is 5.75 Å². The van der Waals surface area contributed by atoms with Gasteiger partial charge < -0.3 is 20.3 Å². The van der Waals surface area contributed by atoms with E-state index in [1.807, 2.05) is 32.3 Å². The third-order valence-corrected chi connectivity index (χ3v) is 5.82. The summed E-state index contributed by atoms with van der Waals surface area (Å²) in [6.07, 6.45) is 5.62. The number of likely N-dealkylation sites (tertiary alicyclic amines) is 1. The van der Waals surface area contributed by atoms with Crippen LogP contribution in [0.5, 0.6) is 5.75 Å². The van der Waals surface area contributed by atoms with Crippen molar-refractivity contribution in [2.75, 3.05) is 47.4 Å². The molecule has 0 aromatic heterocycles. The Bertz CT molecular complexity index is 724. The second-order valence-electron chi connectivity index (χ2n) is 8.49. The molecular formula is C23H38IN5O2. The van der Waals surface area contributed by atoms with Crippen molar-refractivity contribution < 1.29 is 9.53 Å². The normalized spacial score (nSPS) is 18.9. The summed E-state index contributed by atoms with van der Waals surface area (Å²) in [5, 5.41) is 6.77. The number of hydrogen-bond donors (Lipinski definition) is 2. The lowest BCUT2D eigenvalue weighted by Gasteiger charge is -2.26. The number of halogens is 1.